The Morgan fingerprint density at radius 1 is 1.25 bits per heavy atom. The first-order chi connectivity index (χ1) is 11.3. The van der Waals surface area contributed by atoms with Crippen LogP contribution in [0.3, 0.4) is 0 Å². The summed E-state index contributed by atoms with van der Waals surface area (Å²) in [5, 5.41) is 12.1. The standard InChI is InChI=1S/C13H17F2N7O2/c1-7(8(2)22-6-16-5-17-22)18-12(23)13(24)19-9-4-21(3)20-10(9)11(14)15/h4-8,11H,1-3H3,(H,18,23)(H,19,24). The molecule has 130 valence electrons. The summed E-state index contributed by atoms with van der Waals surface area (Å²) in [5.41, 5.74) is -0.799. The second-order valence-electron chi connectivity index (χ2n) is 5.23. The highest BCUT2D eigenvalue weighted by atomic mass is 19.3. The summed E-state index contributed by atoms with van der Waals surface area (Å²) in [4.78, 5) is 27.6. The molecular formula is C13H17F2N7O2. The van der Waals surface area contributed by atoms with Crippen LogP contribution in [0.4, 0.5) is 14.5 Å². The van der Waals surface area contributed by atoms with Crippen molar-refractivity contribution >= 4 is 17.5 Å². The Kier molecular flexibility index (Phi) is 5.21. The minimum absolute atomic E-state index is 0.204. The number of hydrogen-bond donors (Lipinski definition) is 2. The number of nitrogens with zero attached hydrogens (tertiary/aromatic N) is 5. The fourth-order valence-electron chi connectivity index (χ4n) is 1.99. The number of amides is 2. The van der Waals surface area contributed by atoms with Crippen molar-refractivity contribution in [2.24, 2.45) is 7.05 Å². The number of rotatable bonds is 5. The van der Waals surface area contributed by atoms with Crippen LogP contribution in [0, 0.1) is 0 Å². The van der Waals surface area contributed by atoms with Crippen LogP contribution in [0.2, 0.25) is 0 Å². The van der Waals surface area contributed by atoms with Gasteiger partial charge in [-0.1, -0.05) is 0 Å². The maximum absolute atomic E-state index is 12.8. The first-order valence-corrected chi connectivity index (χ1v) is 7.07. The van der Waals surface area contributed by atoms with Gasteiger partial charge in [-0.25, -0.2) is 18.4 Å². The van der Waals surface area contributed by atoms with E-state index in [4.69, 9.17) is 0 Å². The molecule has 24 heavy (non-hydrogen) atoms. The van der Waals surface area contributed by atoms with E-state index in [9.17, 15) is 18.4 Å². The summed E-state index contributed by atoms with van der Waals surface area (Å²) in [7, 11) is 1.43. The molecule has 2 rings (SSSR count). The number of aryl methyl sites for hydroxylation is 1. The fraction of sp³-hybridized carbons (Fsp3) is 0.462. The fourth-order valence-corrected chi connectivity index (χ4v) is 1.99. The molecule has 2 N–H and O–H groups in total. The second kappa shape index (κ2) is 7.15. The summed E-state index contributed by atoms with van der Waals surface area (Å²) < 4.78 is 28.3. The number of alkyl halides is 2. The maximum Gasteiger partial charge on any atom is 0.313 e. The third-order valence-electron chi connectivity index (χ3n) is 3.45. The van der Waals surface area contributed by atoms with Gasteiger partial charge in [-0.05, 0) is 13.8 Å². The molecule has 0 aliphatic carbocycles. The monoisotopic (exact) mass is 341 g/mol. The van der Waals surface area contributed by atoms with Gasteiger partial charge < -0.3 is 10.6 Å². The largest absolute Gasteiger partial charge is 0.343 e. The average Bonchev–Trinajstić information content (AvgIpc) is 3.15. The zero-order valence-corrected chi connectivity index (χ0v) is 13.3. The quantitative estimate of drug-likeness (QED) is 0.777. The Morgan fingerprint density at radius 2 is 1.96 bits per heavy atom. The third-order valence-corrected chi connectivity index (χ3v) is 3.45. The van der Waals surface area contributed by atoms with Crippen molar-refractivity contribution in [3.05, 3.63) is 24.5 Å². The van der Waals surface area contributed by atoms with Crippen LogP contribution in [0.1, 0.15) is 32.0 Å². The van der Waals surface area contributed by atoms with E-state index in [1.807, 2.05) is 0 Å². The number of aromatic nitrogens is 5. The van der Waals surface area contributed by atoms with E-state index in [0.29, 0.717) is 0 Å². The van der Waals surface area contributed by atoms with Gasteiger partial charge in [0.05, 0.1) is 11.7 Å². The number of carbonyl (C=O) groups excluding carboxylic acids is 2. The van der Waals surface area contributed by atoms with Crippen molar-refractivity contribution in [3.8, 4) is 0 Å². The zero-order valence-electron chi connectivity index (χ0n) is 13.3. The van der Waals surface area contributed by atoms with Crippen molar-refractivity contribution in [1.29, 1.82) is 0 Å². The van der Waals surface area contributed by atoms with Crippen LogP contribution in [-0.4, -0.2) is 42.4 Å². The van der Waals surface area contributed by atoms with Gasteiger partial charge in [0, 0.05) is 19.3 Å². The molecule has 0 aliphatic heterocycles. The first-order valence-electron chi connectivity index (χ1n) is 7.07. The van der Waals surface area contributed by atoms with E-state index in [2.05, 4.69) is 25.8 Å². The van der Waals surface area contributed by atoms with Crippen molar-refractivity contribution in [2.75, 3.05) is 5.32 Å². The Bertz CT molecular complexity index is 714. The number of hydrogen-bond acceptors (Lipinski definition) is 5. The number of halogens is 2. The molecule has 0 bridgehead atoms. The molecule has 2 unspecified atom stereocenters. The molecule has 9 nitrogen and oxygen atoms in total. The smallest absolute Gasteiger partial charge is 0.313 e. The van der Waals surface area contributed by atoms with Crippen molar-refractivity contribution in [1.82, 2.24) is 29.9 Å². The van der Waals surface area contributed by atoms with Gasteiger partial charge in [-0.15, -0.1) is 0 Å². The van der Waals surface area contributed by atoms with Gasteiger partial charge in [0.1, 0.15) is 12.7 Å². The molecule has 2 amide bonds. The maximum atomic E-state index is 12.8. The molecule has 2 heterocycles. The van der Waals surface area contributed by atoms with E-state index in [0.717, 1.165) is 4.68 Å². The van der Waals surface area contributed by atoms with E-state index in [1.165, 1.54) is 30.6 Å². The molecular weight excluding hydrogens is 324 g/mol. The van der Waals surface area contributed by atoms with Gasteiger partial charge in [-0.2, -0.15) is 10.2 Å². The molecule has 0 spiro atoms. The molecule has 0 saturated carbocycles. The SMILES string of the molecule is CC(NC(=O)C(=O)Nc1cn(C)nc1C(F)F)C(C)n1cncn1. The molecule has 0 aliphatic rings. The predicted octanol–water partition coefficient (Wildman–Crippen LogP) is 0.654. The van der Waals surface area contributed by atoms with E-state index < -0.39 is 30.0 Å². The Morgan fingerprint density at radius 3 is 2.54 bits per heavy atom. The number of carbonyl (C=O) groups is 2. The Labute approximate surface area is 136 Å². The van der Waals surface area contributed by atoms with Crippen LogP contribution in [-0.2, 0) is 16.6 Å². The molecule has 2 aromatic rings. The lowest BCUT2D eigenvalue weighted by atomic mass is 10.2. The third kappa shape index (κ3) is 3.91. The van der Waals surface area contributed by atoms with Gasteiger partial charge >= 0.3 is 11.8 Å². The highest BCUT2D eigenvalue weighted by Gasteiger charge is 2.24. The molecule has 0 fully saturated rings. The van der Waals surface area contributed by atoms with Crippen LogP contribution in [0.25, 0.3) is 0 Å². The lowest BCUT2D eigenvalue weighted by Gasteiger charge is -2.20. The summed E-state index contributed by atoms with van der Waals surface area (Å²) in [5.74, 6) is -2.00. The summed E-state index contributed by atoms with van der Waals surface area (Å²) in [6, 6.07) is -0.687. The minimum atomic E-state index is -2.86. The predicted molar refractivity (Wildman–Crippen MR) is 79.1 cm³/mol. The normalized spacial score (nSPS) is 13.6. The summed E-state index contributed by atoms with van der Waals surface area (Å²) in [6.45, 7) is 3.47. The zero-order chi connectivity index (χ0) is 17.9. The average molecular weight is 341 g/mol. The van der Waals surface area contributed by atoms with Crippen molar-refractivity contribution < 1.29 is 18.4 Å². The van der Waals surface area contributed by atoms with Crippen molar-refractivity contribution in [2.45, 2.75) is 32.4 Å². The van der Waals surface area contributed by atoms with E-state index in [1.54, 1.807) is 13.8 Å². The molecule has 11 heteroatoms. The molecule has 2 atom stereocenters. The minimum Gasteiger partial charge on any atom is -0.343 e. The summed E-state index contributed by atoms with van der Waals surface area (Å²) in [6.07, 6.45) is 1.17. The second-order valence-corrected chi connectivity index (χ2v) is 5.23. The summed E-state index contributed by atoms with van der Waals surface area (Å²) >= 11 is 0. The van der Waals surface area contributed by atoms with E-state index in [-0.39, 0.29) is 11.7 Å². The molecule has 0 aromatic carbocycles. The van der Waals surface area contributed by atoms with Gasteiger partial charge in [0.2, 0.25) is 0 Å². The molecule has 0 saturated heterocycles. The van der Waals surface area contributed by atoms with Crippen LogP contribution >= 0.6 is 0 Å². The highest BCUT2D eigenvalue weighted by Crippen LogP contribution is 2.24. The topological polar surface area (TPSA) is 107 Å². The number of anilines is 1. The lowest BCUT2D eigenvalue weighted by molar-refractivity contribution is -0.136. The van der Waals surface area contributed by atoms with Crippen molar-refractivity contribution in [3.63, 3.8) is 0 Å². The Balaban J connectivity index is 1.99. The highest BCUT2D eigenvalue weighted by molar-refractivity contribution is 6.39. The molecule has 0 radical (unpaired) electrons. The van der Waals surface area contributed by atoms with Crippen LogP contribution in [0.15, 0.2) is 18.9 Å². The van der Waals surface area contributed by atoms with E-state index >= 15 is 0 Å². The Hall–Kier alpha value is -2.85. The van der Waals surface area contributed by atoms with Crippen LogP contribution in [0.5, 0.6) is 0 Å². The first kappa shape index (κ1) is 17.5. The van der Waals surface area contributed by atoms with Gasteiger partial charge in [0.15, 0.2) is 5.69 Å². The lowest BCUT2D eigenvalue weighted by Crippen LogP contribution is -2.43. The number of nitrogens with one attached hydrogen (secondary N) is 2. The van der Waals surface area contributed by atoms with Gasteiger partial charge in [0.25, 0.3) is 6.43 Å². The van der Waals surface area contributed by atoms with Crippen LogP contribution < -0.4 is 10.6 Å². The molecule has 2 aromatic heterocycles. The van der Waals surface area contributed by atoms with Gasteiger partial charge in [-0.3, -0.25) is 14.3 Å².